The van der Waals surface area contributed by atoms with Crippen molar-refractivity contribution in [3.8, 4) is 0 Å². The van der Waals surface area contributed by atoms with E-state index in [-0.39, 0.29) is 24.2 Å². The molecule has 2 aromatic rings. The Morgan fingerprint density at radius 2 is 2.26 bits per heavy atom. The lowest BCUT2D eigenvalue weighted by molar-refractivity contribution is -0.119. The van der Waals surface area contributed by atoms with Crippen LogP contribution in [0.3, 0.4) is 0 Å². The second kappa shape index (κ2) is 8.31. The van der Waals surface area contributed by atoms with Gasteiger partial charge in [0.15, 0.2) is 5.13 Å². The summed E-state index contributed by atoms with van der Waals surface area (Å²) in [5.41, 5.74) is 0.954. The molecule has 8 heteroatoms. The van der Waals surface area contributed by atoms with E-state index in [9.17, 15) is 4.79 Å². The second-order valence-electron chi connectivity index (χ2n) is 5.20. The Morgan fingerprint density at radius 3 is 3.00 bits per heavy atom. The van der Waals surface area contributed by atoms with Crippen LogP contribution in [0.25, 0.3) is 0 Å². The summed E-state index contributed by atoms with van der Waals surface area (Å²) in [6, 6.07) is 5.58. The van der Waals surface area contributed by atoms with Gasteiger partial charge in [-0.2, -0.15) is 0 Å². The molecule has 1 aromatic heterocycles. The van der Waals surface area contributed by atoms with Crippen LogP contribution in [-0.4, -0.2) is 24.0 Å². The van der Waals surface area contributed by atoms with Gasteiger partial charge >= 0.3 is 0 Å². The molecule has 23 heavy (non-hydrogen) atoms. The number of hydrogen-bond donors (Lipinski definition) is 2. The SMILES string of the molecule is Cl.O=C(Nc1ncc(Cc2cccc(Cl)c2Cl)s1)C1CCNC1. The molecule has 0 bridgehead atoms. The van der Waals surface area contributed by atoms with Gasteiger partial charge in [-0.3, -0.25) is 4.79 Å². The summed E-state index contributed by atoms with van der Waals surface area (Å²) in [5.74, 6) is 0.0708. The second-order valence-corrected chi connectivity index (χ2v) is 7.10. The maximum atomic E-state index is 12.1. The molecule has 1 unspecified atom stereocenters. The molecule has 1 amide bonds. The van der Waals surface area contributed by atoms with E-state index in [1.165, 1.54) is 11.3 Å². The third-order valence-electron chi connectivity index (χ3n) is 3.61. The Morgan fingerprint density at radius 1 is 1.43 bits per heavy atom. The first kappa shape index (κ1) is 18.5. The molecule has 0 saturated carbocycles. The smallest absolute Gasteiger partial charge is 0.230 e. The van der Waals surface area contributed by atoms with Crippen LogP contribution in [0.2, 0.25) is 10.0 Å². The number of carbonyl (C=O) groups excluding carboxylic acids is 1. The number of amides is 1. The van der Waals surface area contributed by atoms with Crippen molar-refractivity contribution in [3.05, 3.63) is 44.9 Å². The maximum Gasteiger partial charge on any atom is 0.230 e. The zero-order chi connectivity index (χ0) is 15.5. The van der Waals surface area contributed by atoms with Crippen LogP contribution in [0.1, 0.15) is 16.9 Å². The van der Waals surface area contributed by atoms with E-state index in [1.807, 2.05) is 12.1 Å². The summed E-state index contributed by atoms with van der Waals surface area (Å²) in [6.07, 6.45) is 3.30. The first-order chi connectivity index (χ1) is 10.6. The monoisotopic (exact) mass is 391 g/mol. The number of nitrogens with zero attached hydrogens (tertiary/aromatic N) is 1. The van der Waals surface area contributed by atoms with Crippen molar-refractivity contribution in [2.75, 3.05) is 18.4 Å². The predicted molar refractivity (Wildman–Crippen MR) is 98.2 cm³/mol. The van der Waals surface area contributed by atoms with Gasteiger partial charge in [-0.15, -0.1) is 23.7 Å². The summed E-state index contributed by atoms with van der Waals surface area (Å²) in [7, 11) is 0. The highest BCUT2D eigenvalue weighted by atomic mass is 35.5. The quantitative estimate of drug-likeness (QED) is 0.826. The molecule has 1 aromatic carbocycles. The number of carbonyl (C=O) groups is 1. The molecule has 3 rings (SSSR count). The Kier molecular flexibility index (Phi) is 6.68. The highest BCUT2D eigenvalue weighted by Gasteiger charge is 2.23. The van der Waals surface area contributed by atoms with E-state index >= 15 is 0 Å². The number of anilines is 1. The van der Waals surface area contributed by atoms with E-state index in [4.69, 9.17) is 23.2 Å². The summed E-state index contributed by atoms with van der Waals surface area (Å²) in [5, 5.41) is 7.82. The van der Waals surface area contributed by atoms with Crippen LogP contribution in [0.4, 0.5) is 5.13 Å². The van der Waals surface area contributed by atoms with Crippen molar-refractivity contribution in [2.45, 2.75) is 12.8 Å². The summed E-state index contributed by atoms with van der Waals surface area (Å²) < 4.78 is 0. The predicted octanol–water partition coefficient (Wildman–Crippen LogP) is 4.01. The largest absolute Gasteiger partial charge is 0.316 e. The topological polar surface area (TPSA) is 54.0 Å². The van der Waals surface area contributed by atoms with Crippen LogP contribution < -0.4 is 10.6 Å². The maximum absolute atomic E-state index is 12.1. The van der Waals surface area contributed by atoms with Crippen LogP contribution in [0.15, 0.2) is 24.4 Å². The average Bonchev–Trinajstić information content (AvgIpc) is 3.15. The fourth-order valence-corrected chi connectivity index (χ4v) is 3.63. The molecule has 0 radical (unpaired) electrons. The molecular weight excluding hydrogens is 377 g/mol. The number of rotatable bonds is 4. The van der Waals surface area contributed by atoms with Crippen molar-refractivity contribution in [3.63, 3.8) is 0 Å². The minimum absolute atomic E-state index is 0. The standard InChI is InChI=1S/C15H15Cl2N3OS.ClH/c16-12-3-1-2-9(13(12)17)6-11-8-19-15(22-11)20-14(21)10-4-5-18-7-10;/h1-3,8,10,18H,4-7H2,(H,19,20,21);1H. The number of benzene rings is 1. The summed E-state index contributed by atoms with van der Waals surface area (Å²) >= 11 is 13.7. The van der Waals surface area contributed by atoms with E-state index in [2.05, 4.69) is 15.6 Å². The van der Waals surface area contributed by atoms with E-state index in [0.717, 1.165) is 30.0 Å². The van der Waals surface area contributed by atoms with Crippen LogP contribution in [0, 0.1) is 5.92 Å². The number of hydrogen-bond acceptors (Lipinski definition) is 4. The van der Waals surface area contributed by atoms with Crippen molar-refractivity contribution in [1.29, 1.82) is 0 Å². The number of halogens is 3. The Hall–Kier alpha value is -0.850. The van der Waals surface area contributed by atoms with Crippen LogP contribution >= 0.6 is 46.9 Å². The first-order valence-corrected chi connectivity index (χ1v) is 8.60. The van der Waals surface area contributed by atoms with Crippen LogP contribution in [0.5, 0.6) is 0 Å². The molecule has 0 spiro atoms. The van der Waals surface area contributed by atoms with Gasteiger partial charge in [0.1, 0.15) is 0 Å². The molecular formula is C15H16Cl3N3OS. The first-order valence-electron chi connectivity index (χ1n) is 7.02. The van der Waals surface area contributed by atoms with Crippen LogP contribution in [-0.2, 0) is 11.2 Å². The van der Waals surface area contributed by atoms with Crippen molar-refractivity contribution >= 4 is 58.0 Å². The summed E-state index contributed by atoms with van der Waals surface area (Å²) in [6.45, 7) is 1.64. The number of thiazole rings is 1. The molecule has 1 aliphatic heterocycles. The van der Waals surface area contributed by atoms with Gasteiger partial charge < -0.3 is 10.6 Å². The highest BCUT2D eigenvalue weighted by molar-refractivity contribution is 7.15. The molecule has 2 heterocycles. The number of nitrogens with one attached hydrogen (secondary N) is 2. The lowest BCUT2D eigenvalue weighted by Crippen LogP contribution is -2.24. The fourth-order valence-electron chi connectivity index (χ4n) is 2.41. The van der Waals surface area contributed by atoms with Crippen molar-refractivity contribution in [1.82, 2.24) is 10.3 Å². The van der Waals surface area contributed by atoms with Gasteiger partial charge in [0.05, 0.1) is 16.0 Å². The lowest BCUT2D eigenvalue weighted by Gasteiger charge is -2.06. The highest BCUT2D eigenvalue weighted by Crippen LogP contribution is 2.29. The third kappa shape index (κ3) is 4.58. The number of aromatic nitrogens is 1. The van der Waals surface area contributed by atoms with Gasteiger partial charge in [-0.05, 0) is 24.6 Å². The molecule has 1 saturated heterocycles. The van der Waals surface area contributed by atoms with Crippen molar-refractivity contribution < 1.29 is 4.79 Å². The molecule has 1 aliphatic rings. The third-order valence-corrected chi connectivity index (χ3v) is 5.38. The normalized spacial score (nSPS) is 16.9. The summed E-state index contributed by atoms with van der Waals surface area (Å²) in [4.78, 5) is 17.4. The zero-order valence-corrected chi connectivity index (χ0v) is 15.3. The van der Waals surface area contributed by atoms with E-state index < -0.39 is 0 Å². The molecule has 1 atom stereocenters. The van der Waals surface area contributed by atoms with E-state index in [0.29, 0.717) is 21.6 Å². The fraction of sp³-hybridized carbons (Fsp3) is 0.333. The minimum atomic E-state index is 0. The molecule has 0 aliphatic carbocycles. The molecule has 2 N–H and O–H groups in total. The lowest BCUT2D eigenvalue weighted by atomic mass is 10.1. The van der Waals surface area contributed by atoms with Gasteiger partial charge in [-0.1, -0.05) is 35.3 Å². The van der Waals surface area contributed by atoms with Crippen molar-refractivity contribution in [2.24, 2.45) is 5.92 Å². The molecule has 124 valence electrons. The molecule has 4 nitrogen and oxygen atoms in total. The average molecular weight is 393 g/mol. The van der Waals surface area contributed by atoms with Gasteiger partial charge in [-0.25, -0.2) is 4.98 Å². The Labute approximate surface area is 155 Å². The molecule has 1 fully saturated rings. The Bertz CT molecular complexity index is 686. The van der Waals surface area contributed by atoms with Gasteiger partial charge in [0, 0.05) is 24.0 Å². The zero-order valence-electron chi connectivity index (χ0n) is 12.1. The van der Waals surface area contributed by atoms with Gasteiger partial charge in [0.25, 0.3) is 0 Å². The Balaban J connectivity index is 0.00000192. The van der Waals surface area contributed by atoms with E-state index in [1.54, 1.807) is 12.3 Å². The minimum Gasteiger partial charge on any atom is -0.316 e. The van der Waals surface area contributed by atoms with Gasteiger partial charge in [0.2, 0.25) is 5.91 Å².